The monoisotopic (exact) mass is 1450 g/mol. The highest BCUT2D eigenvalue weighted by Gasteiger charge is 2.53. The predicted molar refractivity (Wildman–Crippen MR) is 419 cm³/mol. The number of fused-ring (bicyclic) bond motifs is 3. The van der Waals surface area contributed by atoms with Crippen LogP contribution in [-0.4, -0.2) is 109 Å². The molecule has 7 aromatic rings. The smallest absolute Gasteiger partial charge is 0.120 e. The summed E-state index contributed by atoms with van der Waals surface area (Å²) in [5, 5.41) is 40.0. The van der Waals surface area contributed by atoms with Crippen LogP contribution in [0.4, 0.5) is 0 Å². The molecule has 0 amide bonds. The van der Waals surface area contributed by atoms with Crippen LogP contribution in [0.15, 0.2) is 170 Å². The number of nitrogens with two attached hydrogens (primary N) is 1. The molecule has 4 unspecified atom stereocenters. The van der Waals surface area contributed by atoms with Crippen LogP contribution < -0.4 is 5.73 Å². The lowest BCUT2D eigenvalue weighted by atomic mass is 9.67. The summed E-state index contributed by atoms with van der Waals surface area (Å²) in [6.07, 6.45) is 45.5. The van der Waals surface area contributed by atoms with E-state index >= 15 is 0 Å². The molecule has 18 rings (SSSR count). The largest absolute Gasteiger partial charge is 0.392 e. The molecule has 4 spiro atoms. The third-order valence-corrected chi connectivity index (χ3v) is 27.7. The summed E-state index contributed by atoms with van der Waals surface area (Å²) in [7, 11) is 0. The third-order valence-electron chi connectivity index (χ3n) is 27.7. The number of carbonyl (C=O) groups excluding carboxylic acids is 1. The Bertz CT molecular complexity index is 3860. The maximum atomic E-state index is 11.2. The fraction of sp³-hybridized carbons (Fsp3) is 0.570. The summed E-state index contributed by atoms with van der Waals surface area (Å²) >= 11 is 0. The number of aliphatic hydroxyl groups is 3. The van der Waals surface area contributed by atoms with Crippen LogP contribution in [0.5, 0.6) is 0 Å². The highest BCUT2D eigenvalue weighted by atomic mass is 16.5. The van der Waals surface area contributed by atoms with E-state index in [4.69, 9.17) is 34.6 Å². The van der Waals surface area contributed by atoms with Crippen molar-refractivity contribution < 1.29 is 39.1 Å². The second-order valence-electron chi connectivity index (χ2n) is 34.3. The SMILES string of the molecule is N#CCC1(c2ccccn2)CCOC2(CCCC2)C1.N[C@H]1c2ccccc2C[C@@H]1O.O=CCC1(c2ccccn2)CCOC2(CCCC2)C1.O[C@H]1Cc2ccccc2[C@@H]1CCCC1(c2ccccn2)CCOC2(CCCC2)C1.O[C@H]1Cc2ccccc2[C@@H]1CCCC1(c2ccccn2)CCOC2(CCCC2)C1. The van der Waals surface area contributed by atoms with Crippen molar-refractivity contribution in [1.82, 2.24) is 19.9 Å². The maximum absolute atomic E-state index is 11.2. The molecule has 4 saturated carbocycles. The number of pyridine rings is 4. The predicted octanol–water partition coefficient (Wildman–Crippen LogP) is 17.6. The van der Waals surface area contributed by atoms with Gasteiger partial charge >= 0.3 is 0 Å². The Morgan fingerprint density at radius 1 is 0.402 bits per heavy atom. The van der Waals surface area contributed by atoms with Crippen LogP contribution in [0.3, 0.4) is 0 Å². The number of benzene rings is 3. The summed E-state index contributed by atoms with van der Waals surface area (Å²) in [6.45, 7) is 3.22. The molecule has 0 bridgehead atoms. The van der Waals surface area contributed by atoms with E-state index < -0.39 is 0 Å². The average Bonchev–Trinajstić information content (AvgIpc) is 1.68. The average molecular weight is 1450 g/mol. The van der Waals surface area contributed by atoms with E-state index in [-0.39, 0.29) is 80.3 Å². The first kappa shape index (κ1) is 76.9. The Hall–Kier alpha value is -6.90. The van der Waals surface area contributed by atoms with Crippen molar-refractivity contribution >= 4 is 6.29 Å². The van der Waals surface area contributed by atoms with Gasteiger partial charge in [0.15, 0.2) is 0 Å². The molecule has 3 aromatic carbocycles. The summed E-state index contributed by atoms with van der Waals surface area (Å²) in [4.78, 5) is 29.9. The van der Waals surface area contributed by atoms with Gasteiger partial charge < -0.3 is 44.8 Å². The molecule has 4 aliphatic heterocycles. The number of aromatic nitrogens is 4. The van der Waals surface area contributed by atoms with Crippen molar-refractivity contribution in [2.24, 2.45) is 5.73 Å². The number of nitrogens with zero attached hydrogens (tertiary/aromatic N) is 5. The van der Waals surface area contributed by atoms with Gasteiger partial charge in [-0.2, -0.15) is 5.26 Å². The molecule has 8 heterocycles. The zero-order valence-electron chi connectivity index (χ0n) is 63.5. The van der Waals surface area contributed by atoms with E-state index in [1.807, 2.05) is 85.5 Å². The van der Waals surface area contributed by atoms with Gasteiger partial charge in [-0.25, -0.2) is 0 Å². The van der Waals surface area contributed by atoms with Crippen LogP contribution in [-0.2, 0) is 64.7 Å². The normalized spacial score (nSPS) is 29.9. The van der Waals surface area contributed by atoms with Crippen LogP contribution in [0.2, 0.25) is 0 Å². The van der Waals surface area contributed by atoms with Crippen molar-refractivity contribution in [2.75, 3.05) is 26.4 Å². The Morgan fingerprint density at radius 2 is 0.710 bits per heavy atom. The molecule has 7 aliphatic carbocycles. The fourth-order valence-electron chi connectivity index (χ4n) is 22.3. The lowest BCUT2D eigenvalue weighted by Gasteiger charge is -2.46. The molecule has 10 atom stereocenters. The number of aldehydes is 1. The highest BCUT2D eigenvalue weighted by Crippen LogP contribution is 2.55. The molecule has 14 heteroatoms. The molecule has 4 aromatic heterocycles. The van der Waals surface area contributed by atoms with Crippen LogP contribution in [0.25, 0.3) is 0 Å². The first-order chi connectivity index (χ1) is 52.3. The van der Waals surface area contributed by atoms with Crippen molar-refractivity contribution in [1.29, 1.82) is 5.26 Å². The number of hydrogen-bond acceptors (Lipinski definition) is 14. The summed E-state index contributed by atoms with van der Waals surface area (Å²) in [6, 6.07) is 52.2. The van der Waals surface area contributed by atoms with E-state index in [1.54, 1.807) is 0 Å². The van der Waals surface area contributed by atoms with Gasteiger partial charge in [-0.15, -0.1) is 0 Å². The van der Waals surface area contributed by atoms with Gasteiger partial charge in [-0.1, -0.05) is 161 Å². The van der Waals surface area contributed by atoms with Gasteiger partial charge in [-0.3, -0.25) is 19.9 Å². The molecular formula is C93H118N6O8. The van der Waals surface area contributed by atoms with E-state index in [1.165, 1.54) is 116 Å². The molecular weight excluding hydrogens is 1330 g/mol. The standard InChI is InChI=1S/2C26H33NO2.C16H20N2O.C16H21NO2.C9H11NO/c2*28-23-18-20-8-1-2-9-21(20)22(23)10-7-12-25(24-11-3-6-16-27-24)15-17-29-26(19-25)13-4-5-14-26;17-10-8-15(14-5-1-4-11-18-14)9-12-19-16(13-15)6-2-3-7-16;18-11-8-15(14-5-1-4-10-17-14)9-12-19-16(13-15)6-2-3-7-16;10-9-7-4-2-1-3-6(7)5-8(9)11/h2*1-3,6,8-9,11,16,22-23,28H,4-5,7,10,12-15,17-19H2;1,4-5,11H,2-3,6-9,12-13H2;1,4-5,10-11H,2-3,6-9,12-13H2;1-4,8-9,11H,5,10H2/t2*22-,23-,25?;;;8-,9-/m00..0/s1. The number of ether oxygens (including phenoxy) is 4. The quantitative estimate of drug-likeness (QED) is 0.0703. The van der Waals surface area contributed by atoms with Crippen molar-refractivity contribution in [3.63, 3.8) is 0 Å². The second-order valence-corrected chi connectivity index (χ2v) is 34.3. The Labute approximate surface area is 636 Å². The van der Waals surface area contributed by atoms with Gasteiger partial charge in [0.05, 0.1) is 52.8 Å². The van der Waals surface area contributed by atoms with Crippen LogP contribution >= 0.6 is 0 Å². The zero-order chi connectivity index (χ0) is 73.7. The molecule has 11 aliphatic rings. The summed E-state index contributed by atoms with van der Waals surface area (Å²) < 4.78 is 25.0. The second kappa shape index (κ2) is 34.6. The number of nitriles is 1. The van der Waals surface area contributed by atoms with E-state index in [2.05, 4.69) is 101 Å². The lowest BCUT2D eigenvalue weighted by molar-refractivity contribution is -0.118. The van der Waals surface area contributed by atoms with Gasteiger partial charge in [0.2, 0.25) is 0 Å². The van der Waals surface area contributed by atoms with E-state index in [0.717, 1.165) is 178 Å². The van der Waals surface area contributed by atoms with Crippen molar-refractivity contribution in [2.45, 2.75) is 305 Å². The summed E-state index contributed by atoms with van der Waals surface area (Å²) in [5.41, 5.74) is 18.3. The van der Waals surface area contributed by atoms with Gasteiger partial charge in [-0.05, 0) is 223 Å². The molecule has 4 saturated heterocycles. The molecule has 5 N–H and O–H groups in total. The van der Waals surface area contributed by atoms with Crippen LogP contribution in [0.1, 0.15) is 280 Å². The Kier molecular flexibility index (Phi) is 24.8. The van der Waals surface area contributed by atoms with E-state index in [0.29, 0.717) is 19.3 Å². The van der Waals surface area contributed by atoms with Crippen molar-refractivity contribution in [3.8, 4) is 6.07 Å². The van der Waals surface area contributed by atoms with Gasteiger partial charge in [0.1, 0.15) is 6.29 Å². The number of hydrogen-bond donors (Lipinski definition) is 4. The Morgan fingerprint density at radius 3 is 1.07 bits per heavy atom. The molecule has 0 radical (unpaired) electrons. The van der Waals surface area contributed by atoms with Gasteiger partial charge in [0, 0.05) is 127 Å². The molecule has 107 heavy (non-hydrogen) atoms. The topological polar surface area (TPSA) is 216 Å². The maximum Gasteiger partial charge on any atom is 0.120 e. The zero-order valence-corrected chi connectivity index (χ0v) is 63.5. The fourth-order valence-corrected chi connectivity index (χ4v) is 22.3. The molecule has 8 fully saturated rings. The third kappa shape index (κ3) is 17.3. The number of carbonyl (C=O) groups is 1. The minimum atomic E-state index is -0.382. The Balaban J connectivity index is 0.000000116. The van der Waals surface area contributed by atoms with Crippen LogP contribution in [0, 0.1) is 11.3 Å². The first-order valence-electron chi connectivity index (χ1n) is 41.3. The molecule has 14 nitrogen and oxygen atoms in total. The number of aliphatic hydroxyl groups excluding tert-OH is 3. The van der Waals surface area contributed by atoms with E-state index in [9.17, 15) is 25.4 Å². The number of rotatable bonds is 15. The molecule has 568 valence electrons. The first-order valence-corrected chi connectivity index (χ1v) is 41.3. The lowest BCUT2D eigenvalue weighted by Crippen LogP contribution is -2.46. The summed E-state index contributed by atoms with van der Waals surface area (Å²) in [5.74, 6) is 0.569. The van der Waals surface area contributed by atoms with Crippen molar-refractivity contribution in [3.05, 3.63) is 227 Å². The minimum Gasteiger partial charge on any atom is -0.392 e. The van der Waals surface area contributed by atoms with Gasteiger partial charge in [0.25, 0.3) is 0 Å². The minimum absolute atomic E-state index is 0.0127. The highest BCUT2D eigenvalue weighted by molar-refractivity contribution is 5.53.